The zero-order valence-electron chi connectivity index (χ0n) is 13.1. The average molecular weight is 293 g/mol. The fraction of sp³-hybridized carbons (Fsp3) is 0.500. The molecule has 0 aliphatic carbocycles. The Bertz CT molecular complexity index is 495. The van der Waals surface area contributed by atoms with Crippen LogP contribution < -0.4 is 5.32 Å². The van der Waals surface area contributed by atoms with Crippen molar-refractivity contribution in [2.75, 3.05) is 19.5 Å². The summed E-state index contributed by atoms with van der Waals surface area (Å²) in [6.45, 7) is 3.30. The molecule has 1 aromatic rings. The standard InChI is InChI=1S/C16H23NO4/c1-11-7-5-8-13(16(11)17-12(2)18)14(19)9-6-10-15(20-3)21-4/h5,7-8,15H,6,9-10H2,1-4H3,(H,17,18). The van der Waals surface area contributed by atoms with Crippen LogP contribution in [0.4, 0.5) is 5.69 Å². The van der Waals surface area contributed by atoms with Crippen molar-refractivity contribution < 1.29 is 19.1 Å². The minimum absolute atomic E-state index is 0.00778. The van der Waals surface area contributed by atoms with Crippen LogP contribution in [0.5, 0.6) is 0 Å². The van der Waals surface area contributed by atoms with E-state index in [9.17, 15) is 9.59 Å². The van der Waals surface area contributed by atoms with Crippen molar-refractivity contribution in [1.82, 2.24) is 0 Å². The van der Waals surface area contributed by atoms with Crippen molar-refractivity contribution in [3.05, 3.63) is 29.3 Å². The Kier molecular flexibility index (Phi) is 7.05. The van der Waals surface area contributed by atoms with Crippen LogP contribution in [0.2, 0.25) is 0 Å². The lowest BCUT2D eigenvalue weighted by Gasteiger charge is -2.14. The van der Waals surface area contributed by atoms with Crippen molar-refractivity contribution in [1.29, 1.82) is 0 Å². The number of nitrogens with one attached hydrogen (secondary N) is 1. The largest absolute Gasteiger partial charge is 0.356 e. The number of Topliss-reactive ketones (excluding diaryl/α,β-unsaturated/α-hetero) is 1. The quantitative estimate of drug-likeness (QED) is 0.591. The first-order chi connectivity index (χ1) is 9.99. The number of carbonyl (C=O) groups is 2. The highest BCUT2D eigenvalue weighted by atomic mass is 16.7. The number of carbonyl (C=O) groups excluding carboxylic acids is 2. The number of anilines is 1. The molecule has 0 unspecified atom stereocenters. The minimum Gasteiger partial charge on any atom is -0.356 e. The first kappa shape index (κ1) is 17.3. The van der Waals surface area contributed by atoms with Gasteiger partial charge < -0.3 is 14.8 Å². The molecule has 0 aliphatic rings. The van der Waals surface area contributed by atoms with Crippen LogP contribution in [0.3, 0.4) is 0 Å². The van der Waals surface area contributed by atoms with Gasteiger partial charge in [0.15, 0.2) is 12.1 Å². The molecule has 0 saturated heterocycles. The van der Waals surface area contributed by atoms with Gasteiger partial charge in [0.2, 0.25) is 5.91 Å². The van der Waals surface area contributed by atoms with Crippen LogP contribution in [-0.4, -0.2) is 32.2 Å². The van der Waals surface area contributed by atoms with Crippen LogP contribution in [0.25, 0.3) is 0 Å². The first-order valence-electron chi connectivity index (χ1n) is 6.95. The molecule has 0 fully saturated rings. The van der Waals surface area contributed by atoms with Gasteiger partial charge in [-0.2, -0.15) is 0 Å². The smallest absolute Gasteiger partial charge is 0.221 e. The van der Waals surface area contributed by atoms with Gasteiger partial charge in [-0.05, 0) is 31.4 Å². The second-order valence-electron chi connectivity index (χ2n) is 4.90. The molecule has 0 heterocycles. The second-order valence-corrected chi connectivity index (χ2v) is 4.90. The third kappa shape index (κ3) is 5.28. The zero-order chi connectivity index (χ0) is 15.8. The molecule has 1 aromatic carbocycles. The van der Waals surface area contributed by atoms with Crippen molar-refractivity contribution in [2.24, 2.45) is 0 Å². The summed E-state index contributed by atoms with van der Waals surface area (Å²) in [6, 6.07) is 5.43. The fourth-order valence-electron chi connectivity index (χ4n) is 2.14. The lowest BCUT2D eigenvalue weighted by atomic mass is 10.0. The topological polar surface area (TPSA) is 64.6 Å². The predicted molar refractivity (Wildman–Crippen MR) is 81.5 cm³/mol. The monoisotopic (exact) mass is 293 g/mol. The van der Waals surface area contributed by atoms with Crippen LogP contribution in [0.1, 0.15) is 42.1 Å². The molecular weight excluding hydrogens is 270 g/mol. The molecule has 116 valence electrons. The molecule has 0 aliphatic heterocycles. The first-order valence-corrected chi connectivity index (χ1v) is 6.95. The number of benzene rings is 1. The highest BCUT2D eigenvalue weighted by molar-refractivity contribution is 6.05. The summed E-state index contributed by atoms with van der Waals surface area (Å²) in [7, 11) is 3.15. The SMILES string of the molecule is COC(CCCC(=O)c1cccc(C)c1NC(C)=O)OC. The summed E-state index contributed by atoms with van der Waals surface area (Å²) < 4.78 is 10.2. The third-order valence-corrected chi connectivity index (χ3v) is 3.24. The van der Waals surface area contributed by atoms with E-state index in [1.54, 1.807) is 20.3 Å². The fourth-order valence-corrected chi connectivity index (χ4v) is 2.14. The predicted octanol–water partition coefficient (Wildman–Crippen LogP) is 2.93. The number of amides is 1. The van der Waals surface area contributed by atoms with E-state index in [2.05, 4.69) is 5.32 Å². The molecule has 0 saturated carbocycles. The van der Waals surface area contributed by atoms with Crippen molar-refractivity contribution in [3.63, 3.8) is 0 Å². The highest BCUT2D eigenvalue weighted by Crippen LogP contribution is 2.23. The molecule has 0 radical (unpaired) electrons. The molecule has 1 rings (SSSR count). The lowest BCUT2D eigenvalue weighted by molar-refractivity contribution is -0.114. The van der Waals surface area contributed by atoms with E-state index < -0.39 is 0 Å². The zero-order valence-corrected chi connectivity index (χ0v) is 13.1. The Morgan fingerprint density at radius 3 is 2.48 bits per heavy atom. The average Bonchev–Trinajstić information content (AvgIpc) is 2.45. The number of ketones is 1. The molecule has 0 spiro atoms. The van der Waals surface area contributed by atoms with E-state index in [1.807, 2.05) is 19.1 Å². The second kappa shape index (κ2) is 8.54. The number of ether oxygens (including phenoxy) is 2. The van der Waals surface area contributed by atoms with E-state index in [-0.39, 0.29) is 18.0 Å². The molecule has 0 aromatic heterocycles. The Morgan fingerprint density at radius 2 is 1.90 bits per heavy atom. The van der Waals surface area contributed by atoms with E-state index in [4.69, 9.17) is 9.47 Å². The third-order valence-electron chi connectivity index (χ3n) is 3.24. The molecule has 5 heteroatoms. The van der Waals surface area contributed by atoms with E-state index in [0.717, 1.165) is 5.56 Å². The molecule has 0 bridgehead atoms. The van der Waals surface area contributed by atoms with Crippen molar-refractivity contribution in [2.45, 2.75) is 39.4 Å². The van der Waals surface area contributed by atoms with Gasteiger partial charge in [0.1, 0.15) is 0 Å². The number of hydrogen-bond donors (Lipinski definition) is 1. The number of rotatable bonds is 8. The van der Waals surface area contributed by atoms with Gasteiger partial charge in [-0.1, -0.05) is 12.1 Å². The lowest BCUT2D eigenvalue weighted by Crippen LogP contribution is -2.15. The van der Waals surface area contributed by atoms with Crippen molar-refractivity contribution >= 4 is 17.4 Å². The highest BCUT2D eigenvalue weighted by Gasteiger charge is 2.15. The maximum absolute atomic E-state index is 12.3. The maximum Gasteiger partial charge on any atom is 0.221 e. The van der Waals surface area contributed by atoms with Gasteiger partial charge in [-0.15, -0.1) is 0 Å². The number of aryl methyl sites for hydroxylation is 1. The number of para-hydroxylation sites is 1. The van der Waals surface area contributed by atoms with E-state index in [0.29, 0.717) is 30.5 Å². The normalized spacial score (nSPS) is 10.7. The molecule has 0 atom stereocenters. The number of hydrogen-bond acceptors (Lipinski definition) is 4. The Balaban J connectivity index is 2.74. The van der Waals surface area contributed by atoms with Crippen molar-refractivity contribution in [3.8, 4) is 0 Å². The van der Waals surface area contributed by atoms with Gasteiger partial charge in [0.05, 0.1) is 5.69 Å². The van der Waals surface area contributed by atoms with E-state index in [1.165, 1.54) is 6.92 Å². The van der Waals surface area contributed by atoms with Gasteiger partial charge in [0.25, 0.3) is 0 Å². The van der Waals surface area contributed by atoms with Gasteiger partial charge in [0, 0.05) is 33.1 Å². The van der Waals surface area contributed by atoms with Crippen LogP contribution in [-0.2, 0) is 14.3 Å². The Morgan fingerprint density at radius 1 is 1.24 bits per heavy atom. The molecule has 5 nitrogen and oxygen atoms in total. The summed E-state index contributed by atoms with van der Waals surface area (Å²) in [6.07, 6.45) is 1.42. The molecule has 21 heavy (non-hydrogen) atoms. The molecular formula is C16H23NO4. The maximum atomic E-state index is 12.3. The number of methoxy groups -OCH3 is 2. The summed E-state index contributed by atoms with van der Waals surface area (Å²) in [5, 5.41) is 2.73. The van der Waals surface area contributed by atoms with Gasteiger partial charge in [-0.3, -0.25) is 9.59 Å². The summed E-state index contributed by atoms with van der Waals surface area (Å²) >= 11 is 0. The Labute approximate surface area is 125 Å². The molecule has 1 N–H and O–H groups in total. The van der Waals surface area contributed by atoms with E-state index >= 15 is 0 Å². The van der Waals surface area contributed by atoms with Crippen LogP contribution >= 0.6 is 0 Å². The van der Waals surface area contributed by atoms with Crippen LogP contribution in [0, 0.1) is 6.92 Å². The summed E-state index contributed by atoms with van der Waals surface area (Å²) in [4.78, 5) is 23.6. The van der Waals surface area contributed by atoms with Gasteiger partial charge >= 0.3 is 0 Å². The summed E-state index contributed by atoms with van der Waals surface area (Å²) in [5.41, 5.74) is 2.03. The van der Waals surface area contributed by atoms with Crippen LogP contribution in [0.15, 0.2) is 18.2 Å². The van der Waals surface area contributed by atoms with Gasteiger partial charge in [-0.25, -0.2) is 0 Å². The minimum atomic E-state index is -0.287. The molecule has 1 amide bonds. The summed E-state index contributed by atoms with van der Waals surface area (Å²) in [5.74, 6) is -0.175. The Hall–Kier alpha value is -1.72.